The minimum Gasteiger partial charge on any atom is -0.230 e. The number of imidazole rings is 1. The summed E-state index contributed by atoms with van der Waals surface area (Å²) in [5.41, 5.74) is 3.36. The minimum absolute atomic E-state index is 0.832. The van der Waals surface area contributed by atoms with Gasteiger partial charge in [0.25, 0.3) is 0 Å². The van der Waals surface area contributed by atoms with Gasteiger partial charge in [0.2, 0.25) is 6.33 Å². The van der Waals surface area contributed by atoms with Crippen LogP contribution in [0, 0.1) is 0 Å². The van der Waals surface area contributed by atoms with E-state index in [2.05, 4.69) is 63.6 Å². The zero-order valence-electron chi connectivity index (χ0n) is 20.5. The van der Waals surface area contributed by atoms with Crippen LogP contribution in [0.2, 0.25) is 0 Å². The first-order chi connectivity index (χ1) is 18.3. The van der Waals surface area contributed by atoms with Crippen LogP contribution in [0.3, 0.4) is 0 Å². The smallest absolute Gasteiger partial charge is 0.230 e. The Bertz CT molecular complexity index is 1460. The molecule has 3 aromatic heterocycles. The topological polar surface area (TPSA) is 66.0 Å². The number of hydrogen-bond donors (Lipinski definition) is 0. The van der Waals surface area contributed by atoms with Crippen LogP contribution in [0.25, 0.3) is 0 Å². The molecule has 0 fully saturated rings. The number of nitrogens with zero attached hydrogens (tertiary/aromatic N) is 8. The summed E-state index contributed by atoms with van der Waals surface area (Å²) >= 11 is 0. The molecule has 0 spiro atoms. The highest BCUT2D eigenvalue weighted by atomic mass is 15.1. The van der Waals surface area contributed by atoms with E-state index in [1.807, 2.05) is 104 Å². The molecule has 0 amide bonds. The Balaban J connectivity index is 1.10. The first-order valence-corrected chi connectivity index (χ1v) is 12.3. The maximum Gasteiger partial charge on any atom is 0.244 e. The van der Waals surface area contributed by atoms with Gasteiger partial charge in [0.15, 0.2) is 37.9 Å². The molecule has 0 unspecified atom stereocenters. The summed E-state index contributed by atoms with van der Waals surface area (Å²) < 4.78 is 8.68. The SMILES string of the molecule is c1ccc(N=Nc2cc[n+](CC[n+]3ccn(CC[n+]4cccc(N=Nc5ccccc5)c4)c3)cc2)cc1. The summed E-state index contributed by atoms with van der Waals surface area (Å²) in [5.74, 6) is 0. The Morgan fingerprint density at radius 1 is 0.486 bits per heavy atom. The molecule has 2 aromatic carbocycles. The monoisotopic (exact) mass is 489 g/mol. The molecule has 0 bridgehead atoms. The lowest BCUT2D eigenvalue weighted by Crippen LogP contribution is -2.43. The fraction of sp³-hybridized carbons (Fsp3) is 0.138. The number of aromatic nitrogens is 4. The molecule has 8 heteroatoms. The molecule has 0 aliphatic heterocycles. The Labute approximate surface area is 216 Å². The fourth-order valence-electron chi connectivity index (χ4n) is 3.76. The molecule has 0 saturated carbocycles. The van der Waals surface area contributed by atoms with E-state index in [-0.39, 0.29) is 0 Å². The molecule has 3 heterocycles. The molecule has 0 N–H and O–H groups in total. The molecule has 0 aliphatic rings. The third-order valence-electron chi connectivity index (χ3n) is 5.77. The molecule has 0 radical (unpaired) electrons. The highest BCUT2D eigenvalue weighted by Gasteiger charge is 2.10. The average molecular weight is 490 g/mol. The maximum atomic E-state index is 4.36. The van der Waals surface area contributed by atoms with Gasteiger partial charge in [0.05, 0.1) is 17.1 Å². The van der Waals surface area contributed by atoms with Gasteiger partial charge in [0.1, 0.15) is 31.2 Å². The molecule has 0 saturated heterocycles. The highest BCUT2D eigenvalue weighted by Crippen LogP contribution is 2.17. The van der Waals surface area contributed by atoms with E-state index in [9.17, 15) is 0 Å². The van der Waals surface area contributed by atoms with E-state index >= 15 is 0 Å². The minimum atomic E-state index is 0.832. The van der Waals surface area contributed by atoms with Crippen LogP contribution in [0.15, 0.2) is 149 Å². The molecular formula is C29H29N8+3. The molecule has 182 valence electrons. The van der Waals surface area contributed by atoms with E-state index in [0.29, 0.717) is 0 Å². The van der Waals surface area contributed by atoms with E-state index < -0.39 is 0 Å². The van der Waals surface area contributed by atoms with Crippen molar-refractivity contribution in [3.8, 4) is 0 Å². The highest BCUT2D eigenvalue weighted by molar-refractivity contribution is 5.38. The van der Waals surface area contributed by atoms with Crippen LogP contribution in [0.1, 0.15) is 0 Å². The molecular weight excluding hydrogens is 460 g/mol. The molecule has 8 nitrogen and oxygen atoms in total. The van der Waals surface area contributed by atoms with Crippen LogP contribution in [-0.4, -0.2) is 4.57 Å². The van der Waals surface area contributed by atoms with Crippen LogP contribution in [-0.2, 0) is 26.2 Å². The normalized spacial score (nSPS) is 11.5. The molecule has 0 aliphatic carbocycles. The van der Waals surface area contributed by atoms with Crippen LogP contribution < -0.4 is 13.7 Å². The number of hydrogen-bond acceptors (Lipinski definition) is 4. The largest absolute Gasteiger partial charge is 0.244 e. The molecule has 5 rings (SSSR count). The molecule has 0 atom stereocenters. The summed E-state index contributed by atoms with van der Waals surface area (Å²) in [6, 6.07) is 27.4. The number of azo groups is 2. The second-order valence-corrected chi connectivity index (χ2v) is 8.55. The van der Waals surface area contributed by atoms with Crippen molar-refractivity contribution in [3.63, 3.8) is 0 Å². The Morgan fingerprint density at radius 3 is 1.73 bits per heavy atom. The zero-order chi connectivity index (χ0) is 25.1. The number of pyridine rings is 2. The third kappa shape index (κ3) is 7.32. The van der Waals surface area contributed by atoms with Gasteiger partial charge in [-0.05, 0) is 30.3 Å². The lowest BCUT2D eigenvalue weighted by Gasteiger charge is -1.97. The van der Waals surface area contributed by atoms with Crippen LogP contribution in [0.4, 0.5) is 22.7 Å². The number of benzene rings is 2. The van der Waals surface area contributed by atoms with Gasteiger partial charge in [-0.25, -0.2) is 13.7 Å². The summed E-state index contributed by atoms with van der Waals surface area (Å²) in [6.45, 7) is 3.46. The van der Waals surface area contributed by atoms with Gasteiger partial charge in [-0.3, -0.25) is 0 Å². The van der Waals surface area contributed by atoms with Crippen molar-refractivity contribution in [1.29, 1.82) is 0 Å². The standard InChI is InChI=1S/C29H29N8/c1-3-8-26(9-4-1)30-32-28-13-16-34(17-14-28)18-20-36-22-23-37(25-36)21-19-35-15-7-12-29(24-35)33-31-27-10-5-2-6-11-27/h1-17,22-25H,18-21H2/q+3. The third-order valence-corrected chi connectivity index (χ3v) is 5.77. The summed E-state index contributed by atoms with van der Waals surface area (Å²) in [7, 11) is 0. The predicted octanol–water partition coefficient (Wildman–Crippen LogP) is 5.58. The van der Waals surface area contributed by atoms with Gasteiger partial charge < -0.3 is 0 Å². The quantitative estimate of drug-likeness (QED) is 0.182. The van der Waals surface area contributed by atoms with E-state index in [4.69, 9.17) is 0 Å². The summed E-state index contributed by atoms with van der Waals surface area (Å²) in [5, 5.41) is 17.2. The Hall–Kier alpha value is -4.85. The predicted molar refractivity (Wildman–Crippen MR) is 139 cm³/mol. The van der Waals surface area contributed by atoms with Gasteiger partial charge in [-0.1, -0.05) is 36.4 Å². The van der Waals surface area contributed by atoms with Crippen molar-refractivity contribution in [1.82, 2.24) is 4.57 Å². The van der Waals surface area contributed by atoms with Gasteiger partial charge >= 0.3 is 0 Å². The first kappa shape index (κ1) is 23.9. The Morgan fingerprint density at radius 2 is 1.05 bits per heavy atom. The molecule has 37 heavy (non-hydrogen) atoms. The van der Waals surface area contributed by atoms with Crippen LogP contribution in [0.5, 0.6) is 0 Å². The zero-order valence-corrected chi connectivity index (χ0v) is 20.5. The van der Waals surface area contributed by atoms with Crippen molar-refractivity contribution in [3.05, 3.63) is 128 Å². The van der Waals surface area contributed by atoms with Crippen molar-refractivity contribution in [2.45, 2.75) is 26.2 Å². The van der Waals surface area contributed by atoms with Gasteiger partial charge in [-0.2, -0.15) is 19.9 Å². The van der Waals surface area contributed by atoms with Crippen molar-refractivity contribution >= 4 is 22.7 Å². The van der Waals surface area contributed by atoms with Gasteiger partial charge in [-0.15, -0.1) is 5.11 Å². The van der Waals surface area contributed by atoms with Crippen LogP contribution >= 0.6 is 0 Å². The van der Waals surface area contributed by atoms with E-state index in [1.54, 1.807) is 0 Å². The van der Waals surface area contributed by atoms with Crippen molar-refractivity contribution in [2.75, 3.05) is 0 Å². The summed E-state index contributed by atoms with van der Waals surface area (Å²) in [6.07, 6.45) is 14.5. The lowest BCUT2D eigenvalue weighted by atomic mass is 10.3. The number of rotatable bonds is 10. The lowest BCUT2D eigenvalue weighted by molar-refractivity contribution is -0.778. The van der Waals surface area contributed by atoms with E-state index in [1.165, 1.54) is 0 Å². The van der Waals surface area contributed by atoms with Crippen molar-refractivity contribution < 1.29 is 13.7 Å². The molecule has 5 aromatic rings. The Kier molecular flexibility index (Phi) is 7.88. The summed E-state index contributed by atoms with van der Waals surface area (Å²) in [4.78, 5) is 0. The number of aryl methyl sites for hydroxylation is 4. The second-order valence-electron chi connectivity index (χ2n) is 8.55. The van der Waals surface area contributed by atoms with E-state index in [0.717, 1.165) is 48.9 Å². The van der Waals surface area contributed by atoms with Gasteiger partial charge in [0, 0.05) is 18.2 Å². The van der Waals surface area contributed by atoms with Crippen molar-refractivity contribution in [2.24, 2.45) is 20.5 Å². The first-order valence-electron chi connectivity index (χ1n) is 12.3. The maximum absolute atomic E-state index is 4.36. The average Bonchev–Trinajstić information content (AvgIpc) is 3.42. The second kappa shape index (κ2) is 12.2. The fourth-order valence-corrected chi connectivity index (χ4v) is 3.76.